The number of benzene rings is 2. The van der Waals surface area contributed by atoms with E-state index >= 15 is 0 Å². The average molecular weight is 511 g/mol. The first-order valence-corrected chi connectivity index (χ1v) is 12.5. The Bertz CT molecular complexity index is 1260. The number of morpholine rings is 1. The van der Waals surface area contributed by atoms with Gasteiger partial charge in [-0.2, -0.15) is 13.2 Å². The summed E-state index contributed by atoms with van der Waals surface area (Å²) in [5, 5.41) is 3.05. The third-order valence-electron chi connectivity index (χ3n) is 6.84. The van der Waals surface area contributed by atoms with Crippen LogP contribution in [0.4, 0.5) is 24.7 Å². The zero-order valence-corrected chi connectivity index (χ0v) is 20.4. The van der Waals surface area contributed by atoms with Gasteiger partial charge in [0, 0.05) is 50.2 Å². The summed E-state index contributed by atoms with van der Waals surface area (Å²) < 4.78 is 44.7. The van der Waals surface area contributed by atoms with Crippen molar-refractivity contribution in [2.45, 2.75) is 19.0 Å². The molecule has 1 aromatic heterocycles. The molecule has 1 N–H and O–H groups in total. The highest BCUT2D eigenvalue weighted by molar-refractivity contribution is 5.98. The monoisotopic (exact) mass is 510 g/mol. The first-order chi connectivity index (χ1) is 17.9. The second-order valence-corrected chi connectivity index (χ2v) is 9.31. The van der Waals surface area contributed by atoms with Crippen LogP contribution < -0.4 is 10.2 Å². The smallest absolute Gasteiger partial charge is 0.379 e. The van der Waals surface area contributed by atoms with Gasteiger partial charge in [0.2, 0.25) is 0 Å². The fourth-order valence-electron chi connectivity index (χ4n) is 4.94. The highest BCUT2D eigenvalue weighted by atomic mass is 19.4. The zero-order valence-electron chi connectivity index (χ0n) is 20.4. The molecule has 0 saturated carbocycles. The number of pyridine rings is 1. The molecule has 0 spiro atoms. The lowest BCUT2D eigenvalue weighted by molar-refractivity contribution is -0.137. The van der Waals surface area contributed by atoms with E-state index in [0.717, 1.165) is 55.7 Å². The number of halogens is 3. The summed E-state index contributed by atoms with van der Waals surface area (Å²) in [4.78, 5) is 21.8. The standard InChI is InChI=1S/C28H29F3N4O2/c29-28(30,31)22-4-1-3-20(18-22)17-21-7-9-32-26(19-21)35-11-8-23-24(5-2-6-25(23)35)27(36)33-10-12-34-13-15-37-16-14-34/h1-7,9,18-19H,8,10-17H2,(H,33,36). The summed E-state index contributed by atoms with van der Waals surface area (Å²) in [5.41, 5.74) is 3.39. The van der Waals surface area contributed by atoms with Gasteiger partial charge in [-0.05, 0) is 59.9 Å². The molecule has 1 saturated heterocycles. The first kappa shape index (κ1) is 25.2. The van der Waals surface area contributed by atoms with Gasteiger partial charge in [-0.15, -0.1) is 0 Å². The van der Waals surface area contributed by atoms with Crippen molar-refractivity contribution >= 4 is 17.4 Å². The van der Waals surface area contributed by atoms with E-state index in [1.165, 1.54) is 12.1 Å². The summed E-state index contributed by atoms with van der Waals surface area (Å²) in [5.74, 6) is 0.631. The van der Waals surface area contributed by atoms with Gasteiger partial charge in [0.25, 0.3) is 5.91 Å². The van der Waals surface area contributed by atoms with Gasteiger partial charge in [0.15, 0.2) is 0 Å². The third kappa shape index (κ3) is 5.94. The maximum atomic E-state index is 13.1. The Kier molecular flexibility index (Phi) is 7.43. The molecule has 3 heterocycles. The maximum absolute atomic E-state index is 13.1. The molecule has 5 rings (SSSR count). The van der Waals surface area contributed by atoms with Crippen LogP contribution in [-0.4, -0.2) is 61.7 Å². The Morgan fingerprint density at radius 2 is 1.78 bits per heavy atom. The van der Waals surface area contributed by atoms with E-state index in [0.29, 0.717) is 42.9 Å². The maximum Gasteiger partial charge on any atom is 0.416 e. The number of anilines is 2. The summed E-state index contributed by atoms with van der Waals surface area (Å²) >= 11 is 0. The Morgan fingerprint density at radius 3 is 2.59 bits per heavy atom. The lowest BCUT2D eigenvalue weighted by Gasteiger charge is -2.26. The van der Waals surface area contributed by atoms with Crippen molar-refractivity contribution in [3.8, 4) is 0 Å². The van der Waals surface area contributed by atoms with E-state index in [1.54, 1.807) is 12.3 Å². The number of ether oxygens (including phenoxy) is 1. The number of aromatic nitrogens is 1. The molecule has 0 unspecified atom stereocenters. The molecule has 1 amide bonds. The van der Waals surface area contributed by atoms with Gasteiger partial charge in [-0.25, -0.2) is 4.98 Å². The molecule has 0 atom stereocenters. The number of nitrogens with one attached hydrogen (secondary N) is 1. The van der Waals surface area contributed by atoms with Crippen molar-refractivity contribution in [1.82, 2.24) is 15.2 Å². The van der Waals surface area contributed by atoms with E-state index in [4.69, 9.17) is 4.74 Å². The predicted octanol–water partition coefficient (Wildman–Crippen LogP) is 4.45. The van der Waals surface area contributed by atoms with Crippen molar-refractivity contribution < 1.29 is 22.7 Å². The molecule has 194 valence electrons. The Hall–Kier alpha value is -3.43. The third-order valence-corrected chi connectivity index (χ3v) is 6.84. The molecular weight excluding hydrogens is 481 g/mol. The molecule has 1 fully saturated rings. The SMILES string of the molecule is O=C(NCCN1CCOCC1)c1cccc2c1CCN2c1cc(Cc2cccc(C(F)(F)F)c2)ccn1. The molecule has 0 bridgehead atoms. The highest BCUT2D eigenvalue weighted by Crippen LogP contribution is 2.36. The average Bonchev–Trinajstić information content (AvgIpc) is 3.33. The predicted molar refractivity (Wildman–Crippen MR) is 135 cm³/mol. The molecule has 0 radical (unpaired) electrons. The summed E-state index contributed by atoms with van der Waals surface area (Å²) in [6, 6.07) is 14.8. The van der Waals surface area contributed by atoms with Crippen molar-refractivity contribution in [2.75, 3.05) is 50.8 Å². The molecule has 9 heteroatoms. The molecule has 2 aliphatic heterocycles. The van der Waals surface area contributed by atoms with Gasteiger partial charge in [0.1, 0.15) is 5.82 Å². The minimum atomic E-state index is -4.37. The van der Waals surface area contributed by atoms with Crippen LogP contribution in [0.25, 0.3) is 0 Å². The zero-order chi connectivity index (χ0) is 25.8. The normalized spacial score (nSPS) is 16.0. The number of hydrogen-bond donors (Lipinski definition) is 1. The molecular formula is C28H29F3N4O2. The second-order valence-electron chi connectivity index (χ2n) is 9.31. The molecule has 0 aliphatic carbocycles. The van der Waals surface area contributed by atoms with E-state index in [1.807, 2.05) is 30.3 Å². The Morgan fingerprint density at radius 1 is 1.00 bits per heavy atom. The number of hydrogen-bond acceptors (Lipinski definition) is 5. The van der Waals surface area contributed by atoms with Crippen LogP contribution in [0.2, 0.25) is 0 Å². The molecule has 2 aromatic carbocycles. The fourth-order valence-corrected chi connectivity index (χ4v) is 4.94. The van der Waals surface area contributed by atoms with Crippen molar-refractivity contribution in [3.63, 3.8) is 0 Å². The van der Waals surface area contributed by atoms with Gasteiger partial charge < -0.3 is 15.0 Å². The Labute approximate surface area is 214 Å². The molecule has 6 nitrogen and oxygen atoms in total. The quantitative estimate of drug-likeness (QED) is 0.509. The van der Waals surface area contributed by atoms with Crippen molar-refractivity contribution in [3.05, 3.63) is 88.6 Å². The van der Waals surface area contributed by atoms with Crippen molar-refractivity contribution in [1.29, 1.82) is 0 Å². The number of rotatable bonds is 7. The topological polar surface area (TPSA) is 57.7 Å². The number of carbonyl (C=O) groups is 1. The second kappa shape index (κ2) is 10.9. The van der Waals surface area contributed by atoms with Crippen molar-refractivity contribution in [2.24, 2.45) is 0 Å². The van der Waals surface area contributed by atoms with E-state index < -0.39 is 11.7 Å². The van der Waals surface area contributed by atoms with Crippen LogP contribution in [0.15, 0.2) is 60.8 Å². The van der Waals surface area contributed by atoms with Gasteiger partial charge in [0.05, 0.1) is 18.8 Å². The Balaban J connectivity index is 1.28. The summed E-state index contributed by atoms with van der Waals surface area (Å²) in [7, 11) is 0. The van der Waals surface area contributed by atoms with Crippen LogP contribution in [0, 0.1) is 0 Å². The van der Waals surface area contributed by atoms with Crippen LogP contribution in [0.1, 0.15) is 32.6 Å². The molecule has 37 heavy (non-hydrogen) atoms. The van der Waals surface area contributed by atoms with Crippen LogP contribution in [0.5, 0.6) is 0 Å². The lowest BCUT2D eigenvalue weighted by atomic mass is 10.0. The number of amides is 1. The molecule has 2 aliphatic rings. The number of nitrogens with zero attached hydrogens (tertiary/aromatic N) is 3. The van der Waals surface area contributed by atoms with E-state index in [2.05, 4.69) is 20.1 Å². The van der Waals surface area contributed by atoms with Gasteiger partial charge >= 0.3 is 6.18 Å². The van der Waals surface area contributed by atoms with Crippen LogP contribution in [-0.2, 0) is 23.8 Å². The van der Waals surface area contributed by atoms with Crippen LogP contribution in [0.3, 0.4) is 0 Å². The van der Waals surface area contributed by atoms with Gasteiger partial charge in [-0.3, -0.25) is 9.69 Å². The minimum Gasteiger partial charge on any atom is -0.379 e. The first-order valence-electron chi connectivity index (χ1n) is 12.5. The molecule has 3 aromatic rings. The largest absolute Gasteiger partial charge is 0.416 e. The van der Waals surface area contributed by atoms with E-state index in [-0.39, 0.29) is 5.91 Å². The highest BCUT2D eigenvalue weighted by Gasteiger charge is 2.30. The van der Waals surface area contributed by atoms with Gasteiger partial charge in [-0.1, -0.05) is 24.3 Å². The minimum absolute atomic E-state index is 0.0850. The lowest BCUT2D eigenvalue weighted by Crippen LogP contribution is -2.41. The van der Waals surface area contributed by atoms with E-state index in [9.17, 15) is 18.0 Å². The van der Waals surface area contributed by atoms with Crippen LogP contribution >= 0.6 is 0 Å². The number of fused-ring (bicyclic) bond motifs is 1. The summed E-state index contributed by atoms with van der Waals surface area (Å²) in [6.07, 6.45) is -1.61. The number of carbonyl (C=O) groups excluding carboxylic acids is 1. The fraction of sp³-hybridized carbons (Fsp3) is 0.357. The number of alkyl halides is 3. The summed E-state index contributed by atoms with van der Waals surface area (Å²) in [6.45, 7) is 5.25.